The first-order valence-electron chi connectivity index (χ1n) is 5.98. The molecule has 1 radical (unpaired) electrons. The molecule has 0 atom stereocenters. The van der Waals surface area contributed by atoms with Crippen molar-refractivity contribution in [1.29, 1.82) is 0 Å². The monoisotopic (exact) mass is 251 g/mol. The third-order valence-corrected chi connectivity index (χ3v) is 3.18. The maximum atomic E-state index is 10.1. The van der Waals surface area contributed by atoms with E-state index in [0.717, 1.165) is 17.2 Å². The summed E-state index contributed by atoms with van der Waals surface area (Å²) in [7, 11) is 0. The van der Waals surface area contributed by atoms with Gasteiger partial charge in [-0.1, -0.05) is 18.2 Å². The zero-order valence-electron chi connectivity index (χ0n) is 9.99. The first kappa shape index (κ1) is 10.4. The Morgan fingerprint density at radius 3 is 2.95 bits per heavy atom. The summed E-state index contributed by atoms with van der Waals surface area (Å²) in [6.45, 7) is 0. The fourth-order valence-corrected chi connectivity index (χ4v) is 2.33. The van der Waals surface area contributed by atoms with E-state index in [2.05, 4.69) is 10.3 Å². The Labute approximate surface area is 109 Å². The maximum Gasteiger partial charge on any atom is 0.290 e. The topological polar surface area (TPSA) is 53.1 Å². The van der Waals surface area contributed by atoms with Gasteiger partial charge in [0.1, 0.15) is 11.7 Å². The van der Waals surface area contributed by atoms with Gasteiger partial charge in [-0.15, -0.1) is 11.1 Å². The van der Waals surface area contributed by atoms with Crippen LogP contribution in [-0.2, 0) is 0 Å². The lowest BCUT2D eigenvalue weighted by molar-refractivity contribution is -0.630. The van der Waals surface area contributed by atoms with Crippen LogP contribution in [0.15, 0.2) is 55.0 Å². The molecule has 5 heteroatoms. The molecule has 0 spiro atoms. The molecule has 5 nitrogen and oxygen atoms in total. The van der Waals surface area contributed by atoms with Gasteiger partial charge in [0.15, 0.2) is 0 Å². The van der Waals surface area contributed by atoms with Crippen LogP contribution in [0, 0.1) is 12.3 Å². The number of anilines is 1. The number of hydrogen-bond donors (Lipinski definition) is 2. The van der Waals surface area contributed by atoms with Crippen molar-refractivity contribution in [1.82, 2.24) is 4.98 Å². The van der Waals surface area contributed by atoms with Crippen LogP contribution in [0.2, 0.25) is 0 Å². The van der Waals surface area contributed by atoms with Gasteiger partial charge in [0.25, 0.3) is 6.23 Å². The average Bonchev–Trinajstić information content (AvgIpc) is 2.97. The fourth-order valence-electron chi connectivity index (χ4n) is 2.33. The molecule has 0 saturated heterocycles. The van der Waals surface area contributed by atoms with E-state index < -0.39 is 0 Å². The maximum absolute atomic E-state index is 10.1. The predicted molar refractivity (Wildman–Crippen MR) is 66.2 cm³/mol. The van der Waals surface area contributed by atoms with E-state index in [9.17, 15) is 5.11 Å². The van der Waals surface area contributed by atoms with Gasteiger partial charge >= 0.3 is 0 Å². The Morgan fingerprint density at radius 1 is 1.16 bits per heavy atom. The van der Waals surface area contributed by atoms with Crippen molar-refractivity contribution in [3.05, 3.63) is 73.0 Å². The van der Waals surface area contributed by atoms with Crippen molar-refractivity contribution in [2.45, 2.75) is 0 Å². The largest absolute Gasteiger partial charge is 0.350 e. The first-order valence-corrected chi connectivity index (χ1v) is 5.98. The minimum absolute atomic E-state index is 0.120. The fraction of sp³-hybridized carbons (Fsp3) is 0. The molecule has 93 valence electrons. The smallest absolute Gasteiger partial charge is 0.290 e. The number of nitrogens with one attached hydrogen (secondary N) is 1. The summed E-state index contributed by atoms with van der Waals surface area (Å²) < 4.78 is 3.81. The third-order valence-electron chi connectivity index (χ3n) is 3.18. The van der Waals surface area contributed by atoms with Gasteiger partial charge in [0.2, 0.25) is 11.5 Å². The highest BCUT2D eigenvalue weighted by Gasteiger charge is 2.37. The Balaban J connectivity index is 1.87. The zero-order valence-corrected chi connectivity index (χ0v) is 9.99. The molecule has 4 heterocycles. The van der Waals surface area contributed by atoms with Gasteiger partial charge in [0.05, 0.1) is 0 Å². The first-order chi connectivity index (χ1) is 9.33. The van der Waals surface area contributed by atoms with Crippen LogP contribution in [0.4, 0.5) is 5.82 Å². The molecule has 3 aromatic heterocycles. The SMILES string of the molecule is O[C]1Nc2cccc[n+]2[C-]1c1c[n+]2cccc[c-]2n1. The molecule has 2 N–H and O–H groups in total. The number of rotatable bonds is 1. The minimum Gasteiger partial charge on any atom is -0.350 e. The molecule has 19 heavy (non-hydrogen) atoms. The lowest BCUT2D eigenvalue weighted by Gasteiger charge is -2.10. The van der Waals surface area contributed by atoms with E-state index in [1.807, 2.05) is 64.0 Å². The van der Waals surface area contributed by atoms with Gasteiger partial charge in [-0.2, -0.15) is 0 Å². The molecular weight excluding hydrogens is 240 g/mol. The predicted octanol–water partition coefficient (Wildman–Crippen LogP) is 0.543. The number of imidazole rings is 1. The lowest BCUT2D eigenvalue weighted by Crippen LogP contribution is -2.39. The number of aliphatic hydroxyl groups is 1. The summed E-state index contributed by atoms with van der Waals surface area (Å²) in [6.07, 6.45) is 5.85. The van der Waals surface area contributed by atoms with E-state index in [1.165, 1.54) is 0 Å². The number of hydrogen-bond acceptors (Lipinski definition) is 3. The number of fused-ring (bicyclic) bond motifs is 2. The quantitative estimate of drug-likeness (QED) is 0.490. The Hall–Kier alpha value is -2.53. The van der Waals surface area contributed by atoms with Gasteiger partial charge < -0.3 is 14.1 Å². The van der Waals surface area contributed by atoms with Gasteiger partial charge in [0, 0.05) is 18.6 Å². The zero-order chi connectivity index (χ0) is 12.8. The molecular formula is C14H11N4O. The second-order valence-electron chi connectivity index (χ2n) is 4.37. The van der Waals surface area contributed by atoms with Crippen molar-refractivity contribution in [2.75, 3.05) is 5.32 Å². The highest BCUT2D eigenvalue weighted by atomic mass is 16.3. The van der Waals surface area contributed by atoms with Crippen LogP contribution in [0.5, 0.6) is 0 Å². The van der Waals surface area contributed by atoms with Crippen molar-refractivity contribution in [2.24, 2.45) is 0 Å². The second-order valence-corrected chi connectivity index (χ2v) is 4.37. The highest BCUT2D eigenvalue weighted by molar-refractivity contribution is 5.46. The number of nitrogens with zero attached hydrogens (tertiary/aromatic N) is 3. The van der Waals surface area contributed by atoms with E-state index in [0.29, 0.717) is 6.04 Å². The van der Waals surface area contributed by atoms with Gasteiger partial charge in [-0.25, -0.2) is 0 Å². The van der Waals surface area contributed by atoms with E-state index in [1.54, 1.807) is 0 Å². The lowest BCUT2D eigenvalue weighted by atomic mass is 10.2. The molecule has 0 aromatic carbocycles. The Kier molecular flexibility index (Phi) is 2.04. The average molecular weight is 251 g/mol. The van der Waals surface area contributed by atoms with E-state index >= 15 is 0 Å². The molecule has 0 amide bonds. The summed E-state index contributed by atoms with van der Waals surface area (Å²) in [5, 5.41) is 13.0. The van der Waals surface area contributed by atoms with Crippen LogP contribution >= 0.6 is 0 Å². The van der Waals surface area contributed by atoms with Gasteiger partial charge in [-0.05, 0) is 12.1 Å². The summed E-state index contributed by atoms with van der Waals surface area (Å²) in [5.41, 5.74) is 1.58. The minimum atomic E-state index is 0.120. The molecule has 0 fully saturated rings. The van der Waals surface area contributed by atoms with E-state index in [-0.39, 0.29) is 6.23 Å². The number of pyridine rings is 2. The summed E-state index contributed by atoms with van der Waals surface area (Å²) in [5.74, 6) is 0.826. The summed E-state index contributed by atoms with van der Waals surface area (Å²) >= 11 is 0. The van der Waals surface area contributed by atoms with Crippen LogP contribution in [0.25, 0.3) is 5.65 Å². The van der Waals surface area contributed by atoms with Crippen LogP contribution in [-0.4, -0.2) is 10.1 Å². The second kappa shape index (κ2) is 3.73. The molecule has 0 bridgehead atoms. The summed E-state index contributed by atoms with van der Waals surface area (Å²) in [6, 6.07) is 12.2. The number of aromatic nitrogens is 3. The Bertz CT molecular complexity index is 719. The molecule has 4 rings (SSSR count). The van der Waals surface area contributed by atoms with Crippen LogP contribution in [0.3, 0.4) is 0 Å². The molecule has 0 unspecified atom stereocenters. The standard InChI is InChI=1S/C14H11N4O/c19-14-13(18-8-4-2-6-12(18)16-14)10-9-17-7-3-1-5-11(17)15-10/h1-9,16,19H. The number of aliphatic hydroxyl groups excluding tert-OH is 1. The van der Waals surface area contributed by atoms with Crippen LogP contribution < -0.4 is 14.3 Å². The van der Waals surface area contributed by atoms with Crippen molar-refractivity contribution >= 4 is 11.5 Å². The Morgan fingerprint density at radius 2 is 2.05 bits per heavy atom. The molecule has 0 saturated carbocycles. The molecule has 1 aliphatic rings. The third kappa shape index (κ3) is 1.49. The van der Waals surface area contributed by atoms with Crippen molar-refractivity contribution < 1.29 is 14.1 Å². The molecule has 0 aliphatic carbocycles. The van der Waals surface area contributed by atoms with Crippen molar-refractivity contribution in [3.8, 4) is 0 Å². The highest BCUT2D eigenvalue weighted by Crippen LogP contribution is 2.26. The molecule has 3 aromatic rings. The summed E-state index contributed by atoms with van der Waals surface area (Å²) in [4.78, 5) is 4.53. The van der Waals surface area contributed by atoms with Gasteiger partial charge in [-0.3, -0.25) is 5.32 Å². The van der Waals surface area contributed by atoms with E-state index in [4.69, 9.17) is 0 Å². The van der Waals surface area contributed by atoms with Crippen molar-refractivity contribution in [3.63, 3.8) is 0 Å². The normalized spacial score (nSPS) is 14.7. The van der Waals surface area contributed by atoms with Crippen LogP contribution in [0.1, 0.15) is 5.69 Å². The molecule has 1 aliphatic heterocycles.